The summed E-state index contributed by atoms with van der Waals surface area (Å²) in [5.74, 6) is -0.967. The van der Waals surface area contributed by atoms with Gasteiger partial charge in [-0.15, -0.1) is 0 Å². The van der Waals surface area contributed by atoms with Crippen LogP contribution in [0.1, 0.15) is 10.4 Å². The zero-order valence-electron chi connectivity index (χ0n) is 9.58. The summed E-state index contributed by atoms with van der Waals surface area (Å²) >= 11 is 9.13. The second kappa shape index (κ2) is 5.59. The Morgan fingerprint density at radius 3 is 2.74 bits per heavy atom. The molecule has 2 aromatic rings. The molecule has 0 atom stereocenters. The Labute approximate surface area is 122 Å². The molecule has 0 aliphatic rings. The molecule has 0 unspecified atom stereocenters. The monoisotopic (exact) mass is 342 g/mol. The molecule has 1 amide bonds. The van der Waals surface area contributed by atoms with Crippen molar-refractivity contribution in [2.75, 3.05) is 11.1 Å². The smallest absolute Gasteiger partial charge is 0.256 e. The van der Waals surface area contributed by atoms with Gasteiger partial charge in [-0.25, -0.2) is 4.39 Å². The Morgan fingerprint density at radius 1 is 1.26 bits per heavy atom. The van der Waals surface area contributed by atoms with Gasteiger partial charge in [0.05, 0.1) is 16.3 Å². The van der Waals surface area contributed by atoms with Crippen molar-refractivity contribution < 1.29 is 9.18 Å². The molecule has 3 nitrogen and oxygen atoms in total. The Hall–Kier alpha value is -1.59. The summed E-state index contributed by atoms with van der Waals surface area (Å²) in [6.45, 7) is 0. The lowest BCUT2D eigenvalue weighted by atomic mass is 10.2. The summed E-state index contributed by atoms with van der Waals surface area (Å²) in [6.07, 6.45) is 0. The van der Waals surface area contributed by atoms with E-state index in [1.807, 2.05) is 0 Å². The van der Waals surface area contributed by atoms with Gasteiger partial charge in [-0.3, -0.25) is 4.79 Å². The van der Waals surface area contributed by atoms with Crippen molar-refractivity contribution in [2.45, 2.75) is 0 Å². The van der Waals surface area contributed by atoms with Gasteiger partial charge < -0.3 is 11.1 Å². The Morgan fingerprint density at radius 2 is 2.00 bits per heavy atom. The van der Waals surface area contributed by atoms with Crippen LogP contribution in [-0.2, 0) is 0 Å². The zero-order valence-corrected chi connectivity index (χ0v) is 11.9. The van der Waals surface area contributed by atoms with Gasteiger partial charge in [0.2, 0.25) is 0 Å². The van der Waals surface area contributed by atoms with E-state index >= 15 is 0 Å². The van der Waals surface area contributed by atoms with Crippen molar-refractivity contribution in [3.8, 4) is 0 Å². The van der Waals surface area contributed by atoms with E-state index in [9.17, 15) is 9.18 Å². The third-order valence-electron chi connectivity index (χ3n) is 2.41. The molecular weight excluding hydrogens is 335 g/mol. The van der Waals surface area contributed by atoms with Crippen LogP contribution in [0.5, 0.6) is 0 Å². The fraction of sp³-hybridized carbons (Fsp3) is 0. The lowest BCUT2D eigenvalue weighted by molar-refractivity contribution is 0.102. The summed E-state index contributed by atoms with van der Waals surface area (Å²) < 4.78 is 13.6. The molecular formula is C13H9BrClFN2O. The number of carbonyl (C=O) groups is 1. The third-order valence-corrected chi connectivity index (χ3v) is 3.43. The molecule has 0 aliphatic carbocycles. The molecule has 19 heavy (non-hydrogen) atoms. The first-order valence-electron chi connectivity index (χ1n) is 5.29. The first-order chi connectivity index (χ1) is 8.97. The van der Waals surface area contributed by atoms with E-state index in [-0.39, 0.29) is 5.56 Å². The van der Waals surface area contributed by atoms with Crippen LogP contribution < -0.4 is 11.1 Å². The Bertz CT molecular complexity index is 649. The van der Waals surface area contributed by atoms with E-state index in [0.717, 1.165) is 6.07 Å². The molecule has 0 fully saturated rings. The van der Waals surface area contributed by atoms with Crippen LogP contribution >= 0.6 is 27.5 Å². The maximum atomic E-state index is 13.1. The van der Waals surface area contributed by atoms with Gasteiger partial charge in [0.15, 0.2) is 0 Å². The molecule has 2 aromatic carbocycles. The van der Waals surface area contributed by atoms with Crippen LogP contribution in [0.4, 0.5) is 15.8 Å². The van der Waals surface area contributed by atoms with Crippen molar-refractivity contribution in [2.24, 2.45) is 0 Å². The van der Waals surface area contributed by atoms with E-state index in [1.165, 1.54) is 18.2 Å². The zero-order chi connectivity index (χ0) is 14.0. The number of hydrogen-bond acceptors (Lipinski definition) is 2. The lowest BCUT2D eigenvalue weighted by Gasteiger charge is -2.09. The van der Waals surface area contributed by atoms with Gasteiger partial charge in [0, 0.05) is 10.2 Å². The van der Waals surface area contributed by atoms with E-state index in [2.05, 4.69) is 21.2 Å². The largest absolute Gasteiger partial charge is 0.399 e. The maximum Gasteiger partial charge on any atom is 0.256 e. The van der Waals surface area contributed by atoms with Crippen molar-refractivity contribution >= 4 is 44.8 Å². The predicted octanol–water partition coefficient (Wildman–Crippen LogP) is 4.08. The standard InChI is InChI=1S/C13H9BrClFN2O/c14-10-3-1-7(16)5-9(10)13(19)18-12-6-8(17)2-4-11(12)15/h1-6H,17H2,(H,18,19). The molecule has 0 saturated heterocycles. The molecule has 0 aliphatic heterocycles. The van der Waals surface area contributed by atoms with Crippen LogP contribution in [0, 0.1) is 5.82 Å². The Balaban J connectivity index is 2.30. The van der Waals surface area contributed by atoms with E-state index in [1.54, 1.807) is 12.1 Å². The van der Waals surface area contributed by atoms with E-state index in [0.29, 0.717) is 20.9 Å². The molecule has 0 bridgehead atoms. The summed E-state index contributed by atoms with van der Waals surface area (Å²) in [6, 6.07) is 8.59. The van der Waals surface area contributed by atoms with Crippen LogP contribution in [0.3, 0.4) is 0 Å². The number of carbonyl (C=O) groups excluding carboxylic acids is 1. The van der Waals surface area contributed by atoms with Gasteiger partial charge in [0.25, 0.3) is 5.91 Å². The number of benzene rings is 2. The Kier molecular flexibility index (Phi) is 4.07. The number of hydrogen-bond donors (Lipinski definition) is 2. The lowest BCUT2D eigenvalue weighted by Crippen LogP contribution is -2.13. The highest BCUT2D eigenvalue weighted by atomic mass is 79.9. The third kappa shape index (κ3) is 3.24. The van der Waals surface area contributed by atoms with Gasteiger partial charge in [-0.05, 0) is 52.3 Å². The minimum absolute atomic E-state index is 0.179. The summed E-state index contributed by atoms with van der Waals surface area (Å²) in [7, 11) is 0. The van der Waals surface area contributed by atoms with E-state index < -0.39 is 11.7 Å². The normalized spacial score (nSPS) is 10.3. The summed E-state index contributed by atoms with van der Waals surface area (Å²) in [5.41, 5.74) is 6.64. The van der Waals surface area contributed by atoms with Gasteiger partial charge in [-0.1, -0.05) is 11.6 Å². The van der Waals surface area contributed by atoms with Crippen molar-refractivity contribution in [1.29, 1.82) is 0 Å². The average molecular weight is 344 g/mol. The number of halogens is 3. The first-order valence-corrected chi connectivity index (χ1v) is 6.46. The highest BCUT2D eigenvalue weighted by molar-refractivity contribution is 9.10. The van der Waals surface area contributed by atoms with Gasteiger partial charge in [-0.2, -0.15) is 0 Å². The van der Waals surface area contributed by atoms with Gasteiger partial charge in [0.1, 0.15) is 5.82 Å². The molecule has 98 valence electrons. The first kappa shape index (κ1) is 13.8. The van der Waals surface area contributed by atoms with Crippen LogP contribution in [0.25, 0.3) is 0 Å². The number of nitrogens with two attached hydrogens (primary N) is 1. The van der Waals surface area contributed by atoms with Crippen molar-refractivity contribution in [3.05, 3.63) is 57.3 Å². The highest BCUT2D eigenvalue weighted by Crippen LogP contribution is 2.26. The quantitative estimate of drug-likeness (QED) is 0.807. The average Bonchev–Trinajstić information content (AvgIpc) is 2.36. The number of nitrogen functional groups attached to an aromatic ring is 1. The molecule has 0 saturated carbocycles. The molecule has 0 spiro atoms. The summed E-state index contributed by atoms with van der Waals surface area (Å²) in [4.78, 5) is 12.0. The molecule has 3 N–H and O–H groups in total. The van der Waals surface area contributed by atoms with Gasteiger partial charge >= 0.3 is 0 Å². The fourth-order valence-electron chi connectivity index (χ4n) is 1.50. The van der Waals surface area contributed by atoms with Crippen molar-refractivity contribution in [3.63, 3.8) is 0 Å². The van der Waals surface area contributed by atoms with Crippen LogP contribution in [-0.4, -0.2) is 5.91 Å². The highest BCUT2D eigenvalue weighted by Gasteiger charge is 2.13. The minimum Gasteiger partial charge on any atom is -0.399 e. The maximum absolute atomic E-state index is 13.1. The van der Waals surface area contributed by atoms with Crippen LogP contribution in [0.15, 0.2) is 40.9 Å². The minimum atomic E-state index is -0.493. The van der Waals surface area contributed by atoms with Crippen LogP contribution in [0.2, 0.25) is 5.02 Å². The SMILES string of the molecule is Nc1ccc(Cl)c(NC(=O)c2cc(F)ccc2Br)c1. The molecule has 0 heterocycles. The molecule has 6 heteroatoms. The fourth-order valence-corrected chi connectivity index (χ4v) is 2.09. The summed E-state index contributed by atoms with van der Waals surface area (Å²) in [5, 5.41) is 2.94. The molecule has 0 radical (unpaired) electrons. The second-order valence-electron chi connectivity index (χ2n) is 3.82. The number of amides is 1. The predicted molar refractivity (Wildman–Crippen MR) is 77.9 cm³/mol. The topological polar surface area (TPSA) is 55.1 Å². The molecule has 2 rings (SSSR count). The number of anilines is 2. The molecule has 0 aromatic heterocycles. The second-order valence-corrected chi connectivity index (χ2v) is 5.08. The number of nitrogens with one attached hydrogen (secondary N) is 1. The van der Waals surface area contributed by atoms with E-state index in [4.69, 9.17) is 17.3 Å². The number of rotatable bonds is 2. The van der Waals surface area contributed by atoms with Crippen molar-refractivity contribution in [1.82, 2.24) is 0 Å².